The standard InChI is InChI=1S/C27H29N7O2/c1-33-8-4-21(5-9-33)34-17-25(31-32-34)20-13-23-24(16-30-27(23)29-15-20)18-2-3-26(19(12-18)14-28)36-22-6-10-35-11-7-22/h2-3,12-13,15-17,21-22H,4-11H2,1H3,(H,29,30). The first-order valence-corrected chi connectivity index (χ1v) is 12.5. The molecule has 36 heavy (non-hydrogen) atoms. The minimum atomic E-state index is 0.0829. The van der Waals surface area contributed by atoms with Crippen molar-refractivity contribution in [3.05, 3.63) is 48.4 Å². The molecule has 1 aromatic carbocycles. The topological polar surface area (TPSA) is 105 Å². The second-order valence-electron chi connectivity index (χ2n) is 9.69. The number of hydrogen-bond acceptors (Lipinski definition) is 7. The van der Waals surface area contributed by atoms with Gasteiger partial charge >= 0.3 is 0 Å². The van der Waals surface area contributed by atoms with E-state index in [1.54, 1.807) is 0 Å². The molecule has 0 saturated carbocycles. The predicted octanol–water partition coefficient (Wildman–Crippen LogP) is 4.18. The maximum Gasteiger partial charge on any atom is 0.137 e. The molecule has 4 aromatic rings. The molecule has 2 aliphatic heterocycles. The van der Waals surface area contributed by atoms with Crippen molar-refractivity contribution in [1.29, 1.82) is 5.26 Å². The van der Waals surface area contributed by atoms with Crippen molar-refractivity contribution >= 4 is 11.0 Å². The van der Waals surface area contributed by atoms with Crippen LogP contribution < -0.4 is 4.74 Å². The molecule has 9 heteroatoms. The molecule has 6 rings (SSSR count). The number of piperidine rings is 1. The summed E-state index contributed by atoms with van der Waals surface area (Å²) in [6.45, 7) is 3.54. The summed E-state index contributed by atoms with van der Waals surface area (Å²) in [5, 5.41) is 19.7. The number of nitrogens with zero attached hydrogens (tertiary/aromatic N) is 6. The molecule has 5 heterocycles. The summed E-state index contributed by atoms with van der Waals surface area (Å²) in [6, 6.07) is 10.6. The van der Waals surface area contributed by atoms with Gasteiger partial charge in [-0.2, -0.15) is 5.26 Å². The molecule has 3 aromatic heterocycles. The van der Waals surface area contributed by atoms with Crippen LogP contribution in [0.2, 0.25) is 0 Å². The lowest BCUT2D eigenvalue weighted by molar-refractivity contribution is 0.0254. The molecular formula is C27H29N7O2. The van der Waals surface area contributed by atoms with E-state index >= 15 is 0 Å². The van der Waals surface area contributed by atoms with Crippen LogP contribution in [0.5, 0.6) is 5.75 Å². The first-order chi connectivity index (χ1) is 17.7. The zero-order valence-corrected chi connectivity index (χ0v) is 20.4. The Bertz CT molecular complexity index is 1410. The first kappa shape index (κ1) is 22.7. The lowest BCUT2D eigenvalue weighted by atomic mass is 10.0. The fourth-order valence-electron chi connectivity index (χ4n) is 5.09. The highest BCUT2D eigenvalue weighted by Gasteiger charge is 2.21. The monoisotopic (exact) mass is 483 g/mol. The Morgan fingerprint density at radius 2 is 1.94 bits per heavy atom. The quantitative estimate of drug-likeness (QED) is 0.454. The van der Waals surface area contributed by atoms with Crippen molar-refractivity contribution in [2.45, 2.75) is 37.8 Å². The SMILES string of the molecule is CN1CCC(n2cc(-c3cnc4[nH]cc(-c5ccc(OC6CCOCC6)c(C#N)c5)c4c3)nn2)CC1. The maximum absolute atomic E-state index is 9.81. The Kier molecular flexibility index (Phi) is 6.13. The lowest BCUT2D eigenvalue weighted by Gasteiger charge is -2.28. The summed E-state index contributed by atoms with van der Waals surface area (Å²) >= 11 is 0. The van der Waals surface area contributed by atoms with Crippen LogP contribution in [0.25, 0.3) is 33.4 Å². The summed E-state index contributed by atoms with van der Waals surface area (Å²) < 4.78 is 13.5. The van der Waals surface area contributed by atoms with E-state index in [1.807, 2.05) is 41.5 Å². The second kappa shape index (κ2) is 9.72. The minimum Gasteiger partial charge on any atom is -0.489 e. The molecule has 2 saturated heterocycles. The average Bonchev–Trinajstić information content (AvgIpc) is 3.57. The molecule has 0 amide bonds. The Hall–Kier alpha value is -3.74. The Morgan fingerprint density at radius 3 is 2.75 bits per heavy atom. The zero-order valence-electron chi connectivity index (χ0n) is 20.4. The highest BCUT2D eigenvalue weighted by Crippen LogP contribution is 2.34. The summed E-state index contributed by atoms with van der Waals surface area (Å²) in [7, 11) is 2.16. The van der Waals surface area contributed by atoms with Gasteiger partial charge in [-0.15, -0.1) is 5.10 Å². The molecular weight excluding hydrogens is 454 g/mol. The number of aromatic nitrogens is 5. The molecule has 0 spiro atoms. The van der Waals surface area contributed by atoms with Crippen molar-refractivity contribution in [2.75, 3.05) is 33.4 Å². The van der Waals surface area contributed by atoms with Gasteiger partial charge in [0.1, 0.15) is 29.3 Å². The van der Waals surface area contributed by atoms with Crippen LogP contribution in [0.4, 0.5) is 0 Å². The fraction of sp³-hybridized carbons (Fsp3) is 0.407. The second-order valence-corrected chi connectivity index (χ2v) is 9.69. The van der Waals surface area contributed by atoms with Gasteiger partial charge < -0.3 is 19.4 Å². The van der Waals surface area contributed by atoms with Crippen molar-refractivity contribution in [1.82, 2.24) is 29.9 Å². The fourth-order valence-corrected chi connectivity index (χ4v) is 5.09. The molecule has 0 radical (unpaired) electrons. The van der Waals surface area contributed by atoms with Crippen LogP contribution in [-0.2, 0) is 4.74 Å². The maximum atomic E-state index is 9.81. The number of nitrogens with one attached hydrogen (secondary N) is 1. The summed E-state index contributed by atoms with van der Waals surface area (Å²) in [4.78, 5) is 10.2. The van der Waals surface area contributed by atoms with Crippen LogP contribution in [-0.4, -0.2) is 69.3 Å². The van der Waals surface area contributed by atoms with Crippen LogP contribution in [0.1, 0.15) is 37.3 Å². The third-order valence-corrected chi connectivity index (χ3v) is 7.27. The smallest absolute Gasteiger partial charge is 0.137 e. The van der Waals surface area contributed by atoms with Crippen LogP contribution in [0, 0.1) is 11.3 Å². The van der Waals surface area contributed by atoms with Gasteiger partial charge in [0.05, 0.1) is 31.0 Å². The highest BCUT2D eigenvalue weighted by molar-refractivity contribution is 5.95. The number of rotatable bonds is 5. The average molecular weight is 484 g/mol. The molecule has 2 fully saturated rings. The van der Waals surface area contributed by atoms with E-state index in [0.29, 0.717) is 30.6 Å². The molecule has 0 bridgehead atoms. The molecule has 0 atom stereocenters. The summed E-state index contributed by atoms with van der Waals surface area (Å²) in [6.07, 6.45) is 9.71. The lowest BCUT2D eigenvalue weighted by Crippen LogP contribution is -2.31. The molecule has 184 valence electrons. The van der Waals surface area contributed by atoms with Gasteiger partial charge in [0, 0.05) is 41.7 Å². The van der Waals surface area contributed by atoms with Gasteiger partial charge in [-0.1, -0.05) is 11.3 Å². The van der Waals surface area contributed by atoms with Gasteiger partial charge in [0.2, 0.25) is 0 Å². The Labute approximate surface area is 209 Å². The van der Waals surface area contributed by atoms with E-state index in [0.717, 1.165) is 72.2 Å². The summed E-state index contributed by atoms with van der Waals surface area (Å²) in [5.41, 5.74) is 4.97. The van der Waals surface area contributed by atoms with E-state index < -0.39 is 0 Å². The number of pyridine rings is 1. The van der Waals surface area contributed by atoms with Crippen molar-refractivity contribution in [2.24, 2.45) is 0 Å². The van der Waals surface area contributed by atoms with Crippen molar-refractivity contribution < 1.29 is 9.47 Å². The molecule has 2 aliphatic rings. The minimum absolute atomic E-state index is 0.0829. The molecule has 0 aliphatic carbocycles. The largest absolute Gasteiger partial charge is 0.489 e. The number of aromatic amines is 1. The van der Waals surface area contributed by atoms with Crippen molar-refractivity contribution in [3.8, 4) is 34.2 Å². The van der Waals surface area contributed by atoms with Gasteiger partial charge in [-0.3, -0.25) is 0 Å². The number of fused-ring (bicyclic) bond motifs is 1. The van der Waals surface area contributed by atoms with Crippen LogP contribution in [0.3, 0.4) is 0 Å². The summed E-state index contributed by atoms with van der Waals surface area (Å²) in [5.74, 6) is 0.623. The number of H-pyrrole nitrogens is 1. The van der Waals surface area contributed by atoms with E-state index in [1.165, 1.54) is 0 Å². The third-order valence-electron chi connectivity index (χ3n) is 7.27. The third kappa shape index (κ3) is 4.45. The highest BCUT2D eigenvalue weighted by atomic mass is 16.5. The zero-order chi connectivity index (χ0) is 24.5. The Balaban J connectivity index is 1.28. The molecule has 1 N–H and O–H groups in total. The van der Waals surface area contributed by atoms with Crippen molar-refractivity contribution in [3.63, 3.8) is 0 Å². The van der Waals surface area contributed by atoms with Crippen LogP contribution in [0.15, 0.2) is 42.9 Å². The van der Waals surface area contributed by atoms with E-state index in [-0.39, 0.29) is 6.10 Å². The number of benzene rings is 1. The first-order valence-electron chi connectivity index (χ1n) is 12.5. The number of nitriles is 1. The van der Waals surface area contributed by atoms with Gasteiger partial charge in [0.15, 0.2) is 0 Å². The van der Waals surface area contributed by atoms with E-state index in [2.05, 4.69) is 44.4 Å². The number of ether oxygens (including phenoxy) is 2. The molecule has 0 unspecified atom stereocenters. The Morgan fingerprint density at radius 1 is 1.11 bits per heavy atom. The van der Waals surface area contributed by atoms with E-state index in [9.17, 15) is 5.26 Å². The normalized spacial score (nSPS) is 17.9. The van der Waals surface area contributed by atoms with E-state index in [4.69, 9.17) is 9.47 Å². The number of hydrogen-bond donors (Lipinski definition) is 1. The van der Waals surface area contributed by atoms with Gasteiger partial charge in [-0.05, 0) is 56.7 Å². The predicted molar refractivity (Wildman–Crippen MR) is 135 cm³/mol. The van der Waals surface area contributed by atoms with Crippen LogP contribution >= 0.6 is 0 Å². The van der Waals surface area contributed by atoms with Gasteiger partial charge in [-0.25, -0.2) is 9.67 Å². The number of likely N-dealkylation sites (tertiary alicyclic amines) is 1. The molecule has 9 nitrogen and oxygen atoms in total. The van der Waals surface area contributed by atoms with Gasteiger partial charge in [0.25, 0.3) is 0 Å².